The molecule has 0 unspecified atom stereocenters. The molecule has 0 aromatic heterocycles. The fraction of sp³-hybridized carbons (Fsp3) is 0. The van der Waals surface area contributed by atoms with Crippen LogP contribution in [0, 0.1) is 0 Å². The maximum atomic E-state index is 3.73. The molecule has 0 saturated carbocycles. The van der Waals surface area contributed by atoms with Crippen LogP contribution in [0.3, 0.4) is 0 Å². The molecule has 45 heavy (non-hydrogen) atoms. The van der Waals surface area contributed by atoms with Crippen LogP contribution in [-0.4, -0.2) is 0 Å². The Kier molecular flexibility index (Phi) is 8.06. The summed E-state index contributed by atoms with van der Waals surface area (Å²) in [6.07, 6.45) is 0. The summed E-state index contributed by atoms with van der Waals surface area (Å²) < 4.78 is 0. The number of nitrogens with one attached hydrogen (secondary N) is 1. The number of anilines is 8. The Bertz CT molecular complexity index is 1760. The fourth-order valence-electron chi connectivity index (χ4n) is 5.67. The average molecular weight is 580 g/mol. The lowest BCUT2D eigenvalue weighted by Crippen LogP contribution is -2.13. The summed E-state index contributed by atoms with van der Waals surface area (Å²) in [5.41, 5.74) is 10.9. The second kappa shape index (κ2) is 13.1. The van der Waals surface area contributed by atoms with Crippen molar-refractivity contribution in [2.75, 3.05) is 15.1 Å². The smallest absolute Gasteiger partial charge is 0.0503 e. The van der Waals surface area contributed by atoms with Gasteiger partial charge in [0.25, 0.3) is 0 Å². The highest BCUT2D eigenvalue weighted by Gasteiger charge is 2.18. The molecule has 216 valence electrons. The van der Waals surface area contributed by atoms with Crippen molar-refractivity contribution in [1.29, 1.82) is 0 Å². The number of hydrogen-bond acceptors (Lipinski definition) is 3. The van der Waals surface area contributed by atoms with E-state index in [4.69, 9.17) is 0 Å². The van der Waals surface area contributed by atoms with Gasteiger partial charge >= 0.3 is 0 Å². The van der Waals surface area contributed by atoms with Gasteiger partial charge in [-0.05, 0) is 90.0 Å². The fourth-order valence-corrected chi connectivity index (χ4v) is 5.67. The van der Waals surface area contributed by atoms with Gasteiger partial charge in [0.2, 0.25) is 0 Å². The highest BCUT2D eigenvalue weighted by Crippen LogP contribution is 2.42. The molecule has 0 aliphatic heterocycles. The molecule has 7 aromatic carbocycles. The first-order chi connectivity index (χ1) is 22.3. The maximum absolute atomic E-state index is 3.73. The van der Waals surface area contributed by atoms with Gasteiger partial charge in [-0.25, -0.2) is 0 Å². The van der Waals surface area contributed by atoms with Crippen molar-refractivity contribution in [1.82, 2.24) is 0 Å². The molecule has 7 rings (SSSR count). The summed E-state index contributed by atoms with van der Waals surface area (Å²) in [6, 6.07) is 68.0. The van der Waals surface area contributed by atoms with E-state index in [0.29, 0.717) is 0 Å². The van der Waals surface area contributed by atoms with Crippen molar-refractivity contribution >= 4 is 45.5 Å². The Balaban J connectivity index is 1.37. The van der Waals surface area contributed by atoms with Crippen LogP contribution < -0.4 is 15.1 Å². The summed E-state index contributed by atoms with van der Waals surface area (Å²) in [6.45, 7) is 0. The predicted octanol–water partition coefficient (Wildman–Crippen LogP) is 12.0. The monoisotopic (exact) mass is 579 g/mol. The highest BCUT2D eigenvalue weighted by atomic mass is 15.2. The molecule has 3 nitrogen and oxygen atoms in total. The molecule has 0 fully saturated rings. The Hall–Kier alpha value is -6.06. The molecular formula is C42H33N3. The molecule has 7 aromatic rings. The van der Waals surface area contributed by atoms with Crippen molar-refractivity contribution in [3.05, 3.63) is 194 Å². The number of nitrogens with zero attached hydrogens (tertiary/aromatic N) is 2. The van der Waals surface area contributed by atoms with Gasteiger partial charge in [-0.1, -0.05) is 115 Å². The molecule has 0 bridgehead atoms. The van der Waals surface area contributed by atoms with E-state index in [9.17, 15) is 0 Å². The average Bonchev–Trinajstić information content (AvgIpc) is 3.11. The Morgan fingerprint density at radius 1 is 0.267 bits per heavy atom. The van der Waals surface area contributed by atoms with E-state index in [-0.39, 0.29) is 0 Å². The summed E-state index contributed by atoms with van der Waals surface area (Å²) in [5, 5.41) is 3.73. The van der Waals surface area contributed by atoms with Crippen molar-refractivity contribution < 1.29 is 0 Å². The van der Waals surface area contributed by atoms with Gasteiger partial charge in [-0.3, -0.25) is 0 Å². The van der Waals surface area contributed by atoms with Crippen LogP contribution >= 0.6 is 0 Å². The molecule has 3 heteroatoms. The van der Waals surface area contributed by atoms with E-state index in [1.807, 2.05) is 6.07 Å². The molecule has 0 heterocycles. The third-order valence-electron chi connectivity index (χ3n) is 7.76. The Morgan fingerprint density at radius 3 is 0.978 bits per heavy atom. The molecule has 0 aliphatic carbocycles. The zero-order valence-electron chi connectivity index (χ0n) is 24.9. The topological polar surface area (TPSA) is 18.5 Å². The third-order valence-corrected chi connectivity index (χ3v) is 7.76. The van der Waals surface area contributed by atoms with E-state index < -0.39 is 0 Å². The summed E-state index contributed by atoms with van der Waals surface area (Å²) >= 11 is 0. The molecule has 0 aliphatic rings. The number of hydrogen-bond donors (Lipinski definition) is 1. The minimum atomic E-state index is 0.990. The van der Waals surface area contributed by atoms with Crippen LogP contribution in [-0.2, 0) is 0 Å². The van der Waals surface area contributed by atoms with Crippen LogP contribution in [0.15, 0.2) is 194 Å². The molecule has 0 amide bonds. The van der Waals surface area contributed by atoms with Gasteiger partial charge in [0, 0.05) is 34.1 Å². The van der Waals surface area contributed by atoms with Crippen molar-refractivity contribution in [2.45, 2.75) is 0 Å². The van der Waals surface area contributed by atoms with Gasteiger partial charge < -0.3 is 15.1 Å². The highest BCUT2D eigenvalue weighted by molar-refractivity contribution is 5.86. The number of para-hydroxylation sites is 4. The molecule has 0 saturated heterocycles. The van der Waals surface area contributed by atoms with Crippen LogP contribution in [0.2, 0.25) is 0 Å². The Morgan fingerprint density at radius 2 is 0.600 bits per heavy atom. The Labute approximate surface area is 265 Å². The SMILES string of the molecule is c1ccc(-c2ccc(Nc3cc(N(c4ccccc4)c4ccccc4)cc(N(c4ccccc4)c4ccccc4)c3)cc2)cc1. The van der Waals surface area contributed by atoms with Gasteiger partial charge in [-0.2, -0.15) is 0 Å². The zero-order valence-corrected chi connectivity index (χ0v) is 24.9. The molecule has 0 spiro atoms. The van der Waals surface area contributed by atoms with E-state index in [1.165, 1.54) is 11.1 Å². The van der Waals surface area contributed by atoms with E-state index in [0.717, 1.165) is 45.5 Å². The van der Waals surface area contributed by atoms with E-state index in [1.54, 1.807) is 0 Å². The lowest BCUT2D eigenvalue weighted by Gasteiger charge is -2.30. The lowest BCUT2D eigenvalue weighted by atomic mass is 10.1. The first-order valence-electron chi connectivity index (χ1n) is 15.2. The molecule has 0 radical (unpaired) electrons. The van der Waals surface area contributed by atoms with Crippen LogP contribution in [0.25, 0.3) is 11.1 Å². The summed E-state index contributed by atoms with van der Waals surface area (Å²) in [7, 11) is 0. The van der Waals surface area contributed by atoms with Crippen molar-refractivity contribution in [3.63, 3.8) is 0 Å². The second-order valence-electron chi connectivity index (χ2n) is 10.8. The van der Waals surface area contributed by atoms with Crippen molar-refractivity contribution in [3.8, 4) is 11.1 Å². The molecule has 0 atom stereocenters. The van der Waals surface area contributed by atoms with E-state index >= 15 is 0 Å². The van der Waals surface area contributed by atoms with Crippen LogP contribution in [0.1, 0.15) is 0 Å². The predicted molar refractivity (Wildman–Crippen MR) is 191 cm³/mol. The summed E-state index contributed by atoms with van der Waals surface area (Å²) in [5.74, 6) is 0. The van der Waals surface area contributed by atoms with E-state index in [2.05, 4.69) is 203 Å². The largest absolute Gasteiger partial charge is 0.355 e. The standard InChI is InChI=1S/C42H33N3/c1-6-16-33(17-7-1)34-26-28-35(29-27-34)43-36-30-41(44(37-18-8-2-9-19-37)38-20-10-3-11-21-38)32-42(31-36)45(39-22-12-4-13-23-39)40-24-14-5-15-25-40/h1-32,43H. The lowest BCUT2D eigenvalue weighted by molar-refractivity contribution is 1.25. The minimum absolute atomic E-state index is 0.990. The zero-order chi connectivity index (χ0) is 30.3. The third kappa shape index (κ3) is 6.34. The first kappa shape index (κ1) is 27.8. The number of rotatable bonds is 9. The minimum Gasteiger partial charge on any atom is -0.355 e. The second-order valence-corrected chi connectivity index (χ2v) is 10.8. The van der Waals surface area contributed by atoms with Crippen LogP contribution in [0.5, 0.6) is 0 Å². The summed E-state index contributed by atoms with van der Waals surface area (Å²) in [4.78, 5) is 4.61. The first-order valence-corrected chi connectivity index (χ1v) is 15.2. The normalized spacial score (nSPS) is 10.7. The van der Waals surface area contributed by atoms with Crippen molar-refractivity contribution in [2.24, 2.45) is 0 Å². The van der Waals surface area contributed by atoms with Gasteiger partial charge in [-0.15, -0.1) is 0 Å². The number of benzene rings is 7. The molecular weight excluding hydrogens is 546 g/mol. The van der Waals surface area contributed by atoms with Gasteiger partial charge in [0.15, 0.2) is 0 Å². The maximum Gasteiger partial charge on any atom is 0.0503 e. The van der Waals surface area contributed by atoms with Gasteiger partial charge in [0.05, 0.1) is 11.4 Å². The quantitative estimate of drug-likeness (QED) is 0.183. The van der Waals surface area contributed by atoms with Crippen LogP contribution in [0.4, 0.5) is 45.5 Å². The van der Waals surface area contributed by atoms with Gasteiger partial charge in [0.1, 0.15) is 0 Å². The molecule has 1 N–H and O–H groups in total.